The zero-order valence-electron chi connectivity index (χ0n) is 27.4. The molecule has 10 rings (SSSR count). The molecular formula is C47H33NO. The third kappa shape index (κ3) is 4.14. The first-order chi connectivity index (χ1) is 24.1. The average Bonchev–Trinajstić information content (AvgIpc) is 3.65. The van der Waals surface area contributed by atoms with Gasteiger partial charge in [-0.1, -0.05) is 141 Å². The van der Waals surface area contributed by atoms with Gasteiger partial charge in [-0.05, 0) is 91.3 Å². The SMILES string of the molecule is CC1(C)c2ccccc2-c2ccc(N(c3cccc(-c4cccc5ccccc45)c3)c3cccc4c3oc3ccc5ccccc5c34)cc21. The number of nitrogens with zero attached hydrogens (tertiary/aromatic N) is 1. The molecule has 2 nitrogen and oxygen atoms in total. The Kier molecular flexibility index (Phi) is 5.95. The van der Waals surface area contributed by atoms with E-state index in [4.69, 9.17) is 4.42 Å². The van der Waals surface area contributed by atoms with Gasteiger partial charge in [0.15, 0.2) is 5.58 Å². The molecule has 1 aliphatic carbocycles. The molecule has 1 aliphatic rings. The lowest BCUT2D eigenvalue weighted by Gasteiger charge is -2.28. The van der Waals surface area contributed by atoms with Crippen molar-refractivity contribution >= 4 is 60.5 Å². The van der Waals surface area contributed by atoms with Crippen molar-refractivity contribution in [3.05, 3.63) is 175 Å². The summed E-state index contributed by atoms with van der Waals surface area (Å²) in [5, 5.41) is 7.18. The van der Waals surface area contributed by atoms with Crippen molar-refractivity contribution in [3.63, 3.8) is 0 Å². The number of anilines is 3. The van der Waals surface area contributed by atoms with E-state index in [-0.39, 0.29) is 5.41 Å². The van der Waals surface area contributed by atoms with Crippen molar-refractivity contribution in [1.29, 1.82) is 0 Å². The first-order valence-corrected chi connectivity index (χ1v) is 17.0. The Morgan fingerprint density at radius 2 is 1.12 bits per heavy atom. The monoisotopic (exact) mass is 627 g/mol. The summed E-state index contributed by atoms with van der Waals surface area (Å²) in [5.74, 6) is 0. The Hall–Kier alpha value is -6.12. The lowest BCUT2D eigenvalue weighted by Crippen LogP contribution is -2.16. The van der Waals surface area contributed by atoms with Crippen LogP contribution >= 0.6 is 0 Å². The number of fused-ring (bicyclic) bond motifs is 9. The van der Waals surface area contributed by atoms with Gasteiger partial charge < -0.3 is 9.32 Å². The van der Waals surface area contributed by atoms with E-state index in [1.54, 1.807) is 0 Å². The van der Waals surface area contributed by atoms with E-state index in [2.05, 4.69) is 183 Å². The zero-order chi connectivity index (χ0) is 32.7. The summed E-state index contributed by atoms with van der Waals surface area (Å²) in [5.41, 5.74) is 12.6. The zero-order valence-corrected chi connectivity index (χ0v) is 27.4. The first-order valence-electron chi connectivity index (χ1n) is 17.0. The number of para-hydroxylation sites is 1. The molecular weight excluding hydrogens is 595 g/mol. The fraction of sp³-hybridized carbons (Fsp3) is 0.0638. The van der Waals surface area contributed by atoms with Crippen LogP contribution in [0.1, 0.15) is 25.0 Å². The van der Waals surface area contributed by atoms with Gasteiger partial charge in [0.1, 0.15) is 5.58 Å². The Morgan fingerprint density at radius 3 is 2.02 bits per heavy atom. The number of rotatable bonds is 4. The average molecular weight is 628 g/mol. The molecule has 0 saturated carbocycles. The fourth-order valence-corrected chi connectivity index (χ4v) is 8.28. The van der Waals surface area contributed by atoms with Gasteiger partial charge in [0.2, 0.25) is 0 Å². The van der Waals surface area contributed by atoms with Gasteiger partial charge in [-0.2, -0.15) is 0 Å². The van der Waals surface area contributed by atoms with Crippen LogP contribution in [-0.2, 0) is 5.41 Å². The Labute approximate surface area is 285 Å². The van der Waals surface area contributed by atoms with E-state index < -0.39 is 0 Å². The molecule has 0 saturated heterocycles. The molecule has 0 atom stereocenters. The lowest BCUT2D eigenvalue weighted by molar-refractivity contribution is 0.660. The molecule has 0 fully saturated rings. The van der Waals surface area contributed by atoms with Gasteiger partial charge >= 0.3 is 0 Å². The summed E-state index contributed by atoms with van der Waals surface area (Å²) in [6.07, 6.45) is 0. The van der Waals surface area contributed by atoms with E-state index in [1.807, 2.05) is 0 Å². The molecule has 0 spiro atoms. The molecule has 1 heterocycles. The van der Waals surface area contributed by atoms with Crippen LogP contribution in [0.3, 0.4) is 0 Å². The van der Waals surface area contributed by atoms with E-state index in [9.17, 15) is 0 Å². The molecule has 8 aromatic carbocycles. The van der Waals surface area contributed by atoms with Crippen molar-refractivity contribution in [2.24, 2.45) is 0 Å². The summed E-state index contributed by atoms with van der Waals surface area (Å²) in [6.45, 7) is 4.69. The highest BCUT2D eigenvalue weighted by molar-refractivity contribution is 6.21. The topological polar surface area (TPSA) is 16.4 Å². The van der Waals surface area contributed by atoms with Gasteiger partial charge in [0.05, 0.1) is 5.69 Å². The molecule has 0 radical (unpaired) electrons. The van der Waals surface area contributed by atoms with Crippen LogP contribution in [0.4, 0.5) is 17.1 Å². The quantitative estimate of drug-likeness (QED) is 0.193. The number of hydrogen-bond acceptors (Lipinski definition) is 2. The molecule has 49 heavy (non-hydrogen) atoms. The van der Waals surface area contributed by atoms with Gasteiger partial charge in [0, 0.05) is 27.6 Å². The number of benzene rings is 8. The lowest BCUT2D eigenvalue weighted by atomic mass is 9.82. The van der Waals surface area contributed by atoms with Crippen molar-refractivity contribution < 1.29 is 4.42 Å². The fourth-order valence-electron chi connectivity index (χ4n) is 8.28. The number of furan rings is 1. The maximum atomic E-state index is 6.83. The molecule has 1 aromatic heterocycles. The smallest absolute Gasteiger partial charge is 0.159 e. The summed E-state index contributed by atoms with van der Waals surface area (Å²) in [6, 6.07) is 59.4. The highest BCUT2D eigenvalue weighted by Gasteiger charge is 2.36. The van der Waals surface area contributed by atoms with Crippen molar-refractivity contribution in [2.45, 2.75) is 19.3 Å². The minimum atomic E-state index is -0.122. The van der Waals surface area contributed by atoms with Crippen LogP contribution in [0.25, 0.3) is 65.7 Å². The maximum absolute atomic E-state index is 6.83. The number of hydrogen-bond donors (Lipinski definition) is 0. The Balaban J connectivity index is 1.24. The minimum Gasteiger partial charge on any atom is -0.454 e. The summed E-state index contributed by atoms with van der Waals surface area (Å²) >= 11 is 0. The van der Waals surface area contributed by atoms with Crippen LogP contribution in [0.2, 0.25) is 0 Å². The molecule has 0 aliphatic heterocycles. The van der Waals surface area contributed by atoms with E-state index in [1.165, 1.54) is 54.9 Å². The Bertz CT molecular complexity index is 2760. The predicted molar refractivity (Wildman–Crippen MR) is 206 cm³/mol. The van der Waals surface area contributed by atoms with Crippen molar-refractivity contribution in [2.75, 3.05) is 4.90 Å². The van der Waals surface area contributed by atoms with Crippen molar-refractivity contribution in [1.82, 2.24) is 0 Å². The highest BCUT2D eigenvalue weighted by Crippen LogP contribution is 2.51. The van der Waals surface area contributed by atoms with E-state index >= 15 is 0 Å². The van der Waals surface area contributed by atoms with Crippen LogP contribution in [0.5, 0.6) is 0 Å². The summed E-state index contributed by atoms with van der Waals surface area (Å²) in [7, 11) is 0. The molecule has 0 N–H and O–H groups in total. The van der Waals surface area contributed by atoms with Gasteiger partial charge in [0.25, 0.3) is 0 Å². The van der Waals surface area contributed by atoms with E-state index in [0.29, 0.717) is 0 Å². The standard InChI is InChI=1S/C47H33NO/c1-47(2)41-22-8-7-19-38(41)39-26-25-34(29-42(39)47)48(33-16-9-15-32(28-33)36-20-10-14-30-12-3-5-17-35(30)36)43-23-11-21-40-45-37-18-6-4-13-31(37)24-27-44(45)49-46(40)43/h3-29H,1-2H3. The van der Waals surface area contributed by atoms with Gasteiger partial charge in [-0.3, -0.25) is 0 Å². The largest absolute Gasteiger partial charge is 0.454 e. The summed E-state index contributed by atoms with van der Waals surface area (Å²) < 4.78 is 6.83. The second-order valence-corrected chi connectivity index (χ2v) is 13.7. The molecule has 9 aromatic rings. The van der Waals surface area contributed by atoms with Crippen molar-refractivity contribution in [3.8, 4) is 22.3 Å². The molecule has 0 amide bonds. The normalized spacial score (nSPS) is 13.3. The predicted octanol–water partition coefficient (Wildman–Crippen LogP) is 13.3. The third-order valence-corrected chi connectivity index (χ3v) is 10.6. The van der Waals surface area contributed by atoms with Crippen LogP contribution in [0, 0.1) is 0 Å². The summed E-state index contributed by atoms with van der Waals surface area (Å²) in [4.78, 5) is 2.39. The maximum Gasteiger partial charge on any atom is 0.159 e. The second kappa shape index (κ2) is 10.4. The first kappa shape index (κ1) is 27.9. The van der Waals surface area contributed by atoms with Crippen LogP contribution < -0.4 is 4.90 Å². The highest BCUT2D eigenvalue weighted by atomic mass is 16.3. The van der Waals surface area contributed by atoms with Crippen LogP contribution in [0.15, 0.2) is 168 Å². The third-order valence-electron chi connectivity index (χ3n) is 10.6. The minimum absolute atomic E-state index is 0.122. The van der Waals surface area contributed by atoms with Gasteiger partial charge in [-0.15, -0.1) is 0 Å². The second-order valence-electron chi connectivity index (χ2n) is 13.7. The molecule has 0 unspecified atom stereocenters. The molecule has 0 bridgehead atoms. The van der Waals surface area contributed by atoms with E-state index in [0.717, 1.165) is 39.0 Å². The molecule has 2 heteroatoms. The van der Waals surface area contributed by atoms with Crippen LogP contribution in [-0.4, -0.2) is 0 Å². The molecule has 232 valence electrons. The van der Waals surface area contributed by atoms with Gasteiger partial charge in [-0.25, -0.2) is 0 Å². The Morgan fingerprint density at radius 1 is 0.469 bits per heavy atom.